The molecule has 4 heteroatoms. The Kier molecular flexibility index (Phi) is 2.70. The molecule has 1 saturated heterocycles. The molecule has 1 aliphatic carbocycles. The van der Waals surface area contributed by atoms with Crippen molar-refractivity contribution in [2.75, 3.05) is 13.1 Å². The van der Waals surface area contributed by atoms with Crippen LogP contribution in [0.5, 0.6) is 0 Å². The van der Waals surface area contributed by atoms with Gasteiger partial charge in [-0.05, 0) is 19.3 Å². The van der Waals surface area contributed by atoms with Gasteiger partial charge in [0.2, 0.25) is 0 Å². The number of nitrogens with zero attached hydrogens (tertiary/aromatic N) is 2. The number of rotatable bonds is 2. The Morgan fingerprint density at radius 1 is 1.29 bits per heavy atom. The van der Waals surface area contributed by atoms with Crippen molar-refractivity contribution in [3.63, 3.8) is 0 Å². The Bertz CT molecular complexity index is 249. The fourth-order valence-electron chi connectivity index (χ4n) is 1.94. The number of hydrogen-bond acceptors (Lipinski definition) is 3. The highest BCUT2D eigenvalue weighted by Gasteiger charge is 2.31. The van der Waals surface area contributed by atoms with Gasteiger partial charge in [0.1, 0.15) is 0 Å². The fourth-order valence-corrected chi connectivity index (χ4v) is 1.94. The van der Waals surface area contributed by atoms with E-state index < -0.39 is 5.97 Å². The molecule has 0 atom stereocenters. The number of hydrazone groups is 1. The second-order valence-electron chi connectivity index (χ2n) is 4.12. The number of carboxylic acid groups (broad SMARTS) is 1. The van der Waals surface area contributed by atoms with Gasteiger partial charge in [-0.2, -0.15) is 5.10 Å². The first-order chi connectivity index (χ1) is 6.75. The third kappa shape index (κ3) is 2.05. The van der Waals surface area contributed by atoms with Crippen LogP contribution in [-0.4, -0.2) is 34.9 Å². The first-order valence-corrected chi connectivity index (χ1v) is 5.30. The smallest absolute Gasteiger partial charge is 0.307 e. The Morgan fingerprint density at radius 3 is 2.50 bits per heavy atom. The molecular formula is C10H16N2O2. The van der Waals surface area contributed by atoms with Crippen molar-refractivity contribution >= 4 is 11.7 Å². The molecule has 0 radical (unpaired) electrons. The summed E-state index contributed by atoms with van der Waals surface area (Å²) >= 11 is 0. The van der Waals surface area contributed by atoms with E-state index in [2.05, 4.69) is 10.1 Å². The van der Waals surface area contributed by atoms with Crippen molar-refractivity contribution in [1.29, 1.82) is 0 Å². The molecule has 2 rings (SSSR count). The Labute approximate surface area is 83.6 Å². The van der Waals surface area contributed by atoms with Crippen LogP contribution in [-0.2, 0) is 4.79 Å². The van der Waals surface area contributed by atoms with Crippen LogP contribution in [0.3, 0.4) is 0 Å². The predicted molar refractivity (Wildman–Crippen MR) is 53.2 cm³/mol. The monoisotopic (exact) mass is 196 g/mol. The van der Waals surface area contributed by atoms with E-state index in [0.29, 0.717) is 12.8 Å². The number of carboxylic acids is 1. The van der Waals surface area contributed by atoms with Crippen LogP contribution in [0.1, 0.15) is 32.1 Å². The molecule has 2 aliphatic rings. The Hall–Kier alpha value is -1.06. The first kappa shape index (κ1) is 9.49. The average molecular weight is 196 g/mol. The SMILES string of the molecule is O=C(O)C1CC(=NN2CCCCC2)C1. The molecule has 1 heterocycles. The third-order valence-electron chi connectivity index (χ3n) is 2.93. The standard InChI is InChI=1S/C10H16N2O2/c13-10(14)8-6-9(7-8)11-12-4-2-1-3-5-12/h8H,1-7H2,(H,13,14). The van der Waals surface area contributed by atoms with E-state index in [1.54, 1.807) is 0 Å². The molecule has 0 aromatic heterocycles. The third-order valence-corrected chi connectivity index (χ3v) is 2.93. The lowest BCUT2D eigenvalue weighted by Crippen LogP contribution is -2.34. The molecule has 0 amide bonds. The van der Waals surface area contributed by atoms with Crippen LogP contribution in [0.15, 0.2) is 5.10 Å². The predicted octanol–water partition coefficient (Wildman–Crippen LogP) is 1.32. The number of carbonyl (C=O) groups is 1. The van der Waals surface area contributed by atoms with Gasteiger partial charge in [0.05, 0.1) is 5.92 Å². The second kappa shape index (κ2) is 3.98. The zero-order chi connectivity index (χ0) is 9.97. The molecule has 1 N–H and O–H groups in total. The van der Waals surface area contributed by atoms with Crippen molar-refractivity contribution in [3.8, 4) is 0 Å². The zero-order valence-corrected chi connectivity index (χ0v) is 8.28. The van der Waals surface area contributed by atoms with E-state index in [-0.39, 0.29) is 5.92 Å². The van der Waals surface area contributed by atoms with Crippen LogP contribution in [0.25, 0.3) is 0 Å². The normalized spacial score (nSPS) is 27.0. The fraction of sp³-hybridized carbons (Fsp3) is 0.800. The minimum Gasteiger partial charge on any atom is -0.481 e. The molecular weight excluding hydrogens is 180 g/mol. The highest BCUT2D eigenvalue weighted by Crippen LogP contribution is 2.25. The van der Waals surface area contributed by atoms with Gasteiger partial charge < -0.3 is 5.11 Å². The van der Waals surface area contributed by atoms with Crippen molar-refractivity contribution in [1.82, 2.24) is 5.01 Å². The molecule has 1 aliphatic heterocycles. The van der Waals surface area contributed by atoms with Crippen LogP contribution >= 0.6 is 0 Å². The van der Waals surface area contributed by atoms with E-state index in [9.17, 15) is 4.79 Å². The molecule has 0 aromatic carbocycles. The van der Waals surface area contributed by atoms with E-state index >= 15 is 0 Å². The van der Waals surface area contributed by atoms with Gasteiger partial charge in [0, 0.05) is 31.6 Å². The van der Waals surface area contributed by atoms with Crippen LogP contribution in [0, 0.1) is 5.92 Å². The lowest BCUT2D eigenvalue weighted by molar-refractivity contribution is -0.142. The largest absolute Gasteiger partial charge is 0.481 e. The summed E-state index contributed by atoms with van der Waals surface area (Å²) in [4.78, 5) is 10.6. The summed E-state index contributed by atoms with van der Waals surface area (Å²) in [7, 11) is 0. The van der Waals surface area contributed by atoms with Gasteiger partial charge in [0.15, 0.2) is 0 Å². The maximum absolute atomic E-state index is 10.6. The molecule has 0 bridgehead atoms. The summed E-state index contributed by atoms with van der Waals surface area (Å²) < 4.78 is 0. The Morgan fingerprint density at radius 2 is 1.93 bits per heavy atom. The number of piperidine rings is 1. The Balaban J connectivity index is 1.79. The lowest BCUT2D eigenvalue weighted by atomic mass is 9.83. The van der Waals surface area contributed by atoms with E-state index in [0.717, 1.165) is 18.8 Å². The molecule has 4 nitrogen and oxygen atoms in total. The summed E-state index contributed by atoms with van der Waals surface area (Å²) in [5.74, 6) is -0.846. The summed E-state index contributed by atoms with van der Waals surface area (Å²) in [5, 5.41) is 15.2. The molecule has 14 heavy (non-hydrogen) atoms. The molecule has 1 saturated carbocycles. The second-order valence-corrected chi connectivity index (χ2v) is 4.12. The number of hydrogen-bond donors (Lipinski definition) is 1. The summed E-state index contributed by atoms with van der Waals surface area (Å²) in [6.45, 7) is 2.09. The maximum atomic E-state index is 10.6. The van der Waals surface area contributed by atoms with Crippen molar-refractivity contribution in [3.05, 3.63) is 0 Å². The number of aliphatic carboxylic acids is 1. The quantitative estimate of drug-likeness (QED) is 0.724. The van der Waals surface area contributed by atoms with Gasteiger partial charge in [0.25, 0.3) is 0 Å². The van der Waals surface area contributed by atoms with E-state index in [1.807, 2.05) is 0 Å². The van der Waals surface area contributed by atoms with Crippen LogP contribution < -0.4 is 0 Å². The lowest BCUT2D eigenvalue weighted by Gasteiger charge is -2.29. The zero-order valence-electron chi connectivity index (χ0n) is 8.28. The van der Waals surface area contributed by atoms with Gasteiger partial charge in [-0.25, -0.2) is 0 Å². The highest BCUT2D eigenvalue weighted by atomic mass is 16.4. The van der Waals surface area contributed by atoms with Gasteiger partial charge >= 0.3 is 5.97 Å². The summed E-state index contributed by atoms with van der Waals surface area (Å²) in [6.07, 6.45) is 5.06. The van der Waals surface area contributed by atoms with Crippen LogP contribution in [0.4, 0.5) is 0 Å². The molecule has 2 fully saturated rings. The highest BCUT2D eigenvalue weighted by molar-refractivity contribution is 5.97. The first-order valence-electron chi connectivity index (χ1n) is 5.30. The van der Waals surface area contributed by atoms with Crippen LogP contribution in [0.2, 0.25) is 0 Å². The van der Waals surface area contributed by atoms with Gasteiger partial charge in [-0.3, -0.25) is 9.80 Å². The minimum atomic E-state index is -0.678. The topological polar surface area (TPSA) is 52.9 Å². The summed E-state index contributed by atoms with van der Waals surface area (Å²) in [5.41, 5.74) is 1.07. The van der Waals surface area contributed by atoms with E-state index in [1.165, 1.54) is 19.3 Å². The molecule has 78 valence electrons. The minimum absolute atomic E-state index is 0.168. The van der Waals surface area contributed by atoms with Crippen molar-refractivity contribution in [2.45, 2.75) is 32.1 Å². The van der Waals surface area contributed by atoms with Gasteiger partial charge in [-0.15, -0.1) is 0 Å². The molecule has 0 unspecified atom stereocenters. The van der Waals surface area contributed by atoms with Crippen molar-refractivity contribution < 1.29 is 9.90 Å². The van der Waals surface area contributed by atoms with Gasteiger partial charge in [-0.1, -0.05) is 0 Å². The van der Waals surface area contributed by atoms with Crippen molar-refractivity contribution in [2.24, 2.45) is 11.0 Å². The molecule has 0 aromatic rings. The maximum Gasteiger partial charge on any atom is 0.307 e. The molecule has 0 spiro atoms. The summed E-state index contributed by atoms with van der Waals surface area (Å²) in [6, 6.07) is 0. The van der Waals surface area contributed by atoms with E-state index in [4.69, 9.17) is 5.11 Å². The average Bonchev–Trinajstić information content (AvgIpc) is 2.12.